The van der Waals surface area contributed by atoms with Gasteiger partial charge in [0.15, 0.2) is 0 Å². The van der Waals surface area contributed by atoms with E-state index in [1.807, 2.05) is 17.0 Å². The molecule has 0 aromatic carbocycles. The van der Waals surface area contributed by atoms with E-state index in [2.05, 4.69) is 10.3 Å². The summed E-state index contributed by atoms with van der Waals surface area (Å²) in [4.78, 5) is 31.2. The number of carbonyl (C=O) groups excluding carboxylic acids is 2. The Labute approximate surface area is 149 Å². The number of pyridine rings is 1. The molecule has 1 aliphatic heterocycles. The fraction of sp³-hybridized carbons (Fsp3) is 0.650. The molecule has 134 valence electrons. The number of amides is 2. The average Bonchev–Trinajstić information content (AvgIpc) is 3.41. The van der Waals surface area contributed by atoms with Gasteiger partial charge in [-0.15, -0.1) is 0 Å². The number of nitrogens with one attached hydrogen (secondary N) is 1. The number of aromatic nitrogens is 1. The van der Waals surface area contributed by atoms with Crippen LogP contribution in [0.15, 0.2) is 24.5 Å². The van der Waals surface area contributed by atoms with Crippen LogP contribution in [0.25, 0.3) is 0 Å². The van der Waals surface area contributed by atoms with E-state index in [0.717, 1.165) is 31.5 Å². The minimum Gasteiger partial charge on any atom is -0.352 e. The first-order chi connectivity index (χ1) is 12.2. The van der Waals surface area contributed by atoms with Crippen LogP contribution in [-0.2, 0) is 16.1 Å². The van der Waals surface area contributed by atoms with Crippen molar-refractivity contribution in [1.29, 1.82) is 0 Å². The van der Waals surface area contributed by atoms with E-state index in [0.29, 0.717) is 30.2 Å². The van der Waals surface area contributed by atoms with Gasteiger partial charge in [-0.3, -0.25) is 14.6 Å². The number of rotatable bonds is 4. The number of piperidine rings is 1. The molecule has 0 radical (unpaired) electrons. The van der Waals surface area contributed by atoms with Crippen molar-refractivity contribution < 1.29 is 9.59 Å². The first-order valence-electron chi connectivity index (χ1n) is 9.69. The third kappa shape index (κ3) is 3.55. The van der Waals surface area contributed by atoms with Crippen molar-refractivity contribution in [3.05, 3.63) is 30.1 Å². The van der Waals surface area contributed by atoms with Crippen LogP contribution < -0.4 is 5.32 Å². The fourth-order valence-electron chi connectivity index (χ4n) is 4.77. The largest absolute Gasteiger partial charge is 0.352 e. The molecule has 2 heterocycles. The maximum absolute atomic E-state index is 12.7. The summed E-state index contributed by atoms with van der Waals surface area (Å²) in [6, 6.07) is 3.84. The van der Waals surface area contributed by atoms with E-state index >= 15 is 0 Å². The van der Waals surface area contributed by atoms with Crippen LogP contribution in [0.1, 0.15) is 44.1 Å². The molecular weight excluding hydrogens is 314 g/mol. The SMILES string of the molecule is O=C(NCc1cccnc1)C1CCN(C(=O)C2[C@@H]3CCCC[C@@H]23)CC1. The minimum absolute atomic E-state index is 0.0298. The van der Waals surface area contributed by atoms with Gasteiger partial charge in [-0.25, -0.2) is 0 Å². The van der Waals surface area contributed by atoms with Gasteiger partial charge in [0, 0.05) is 43.9 Å². The summed E-state index contributed by atoms with van der Waals surface area (Å²) < 4.78 is 0. The summed E-state index contributed by atoms with van der Waals surface area (Å²) in [6.07, 6.45) is 10.2. The topological polar surface area (TPSA) is 62.3 Å². The number of likely N-dealkylation sites (tertiary alicyclic amines) is 1. The van der Waals surface area contributed by atoms with Gasteiger partial charge < -0.3 is 10.2 Å². The van der Waals surface area contributed by atoms with E-state index in [1.54, 1.807) is 12.4 Å². The normalized spacial score (nSPS) is 29.0. The van der Waals surface area contributed by atoms with Crippen molar-refractivity contribution in [3.8, 4) is 0 Å². The maximum atomic E-state index is 12.7. The quantitative estimate of drug-likeness (QED) is 0.914. The molecule has 1 aromatic heterocycles. The van der Waals surface area contributed by atoms with Crippen molar-refractivity contribution in [2.75, 3.05) is 13.1 Å². The van der Waals surface area contributed by atoms with Crippen molar-refractivity contribution >= 4 is 11.8 Å². The van der Waals surface area contributed by atoms with E-state index in [4.69, 9.17) is 0 Å². The number of carbonyl (C=O) groups is 2. The second-order valence-corrected chi connectivity index (χ2v) is 7.82. The first-order valence-corrected chi connectivity index (χ1v) is 9.69. The van der Waals surface area contributed by atoms with E-state index in [-0.39, 0.29) is 11.8 Å². The number of nitrogens with zero attached hydrogens (tertiary/aromatic N) is 2. The molecule has 3 aliphatic rings. The molecular formula is C20H27N3O2. The zero-order chi connectivity index (χ0) is 17.2. The molecule has 0 unspecified atom stereocenters. The Kier molecular flexibility index (Phi) is 4.73. The Morgan fingerprint density at radius 1 is 1.12 bits per heavy atom. The van der Waals surface area contributed by atoms with Gasteiger partial charge in [0.25, 0.3) is 0 Å². The molecule has 0 bridgehead atoms. The Morgan fingerprint density at radius 2 is 1.84 bits per heavy atom. The molecule has 1 aromatic rings. The molecule has 25 heavy (non-hydrogen) atoms. The number of hydrogen-bond donors (Lipinski definition) is 1. The number of hydrogen-bond acceptors (Lipinski definition) is 3. The minimum atomic E-state index is 0.0298. The van der Waals surface area contributed by atoms with Crippen LogP contribution in [0.3, 0.4) is 0 Å². The molecule has 5 heteroatoms. The highest BCUT2D eigenvalue weighted by Crippen LogP contribution is 2.56. The van der Waals surface area contributed by atoms with Crippen molar-refractivity contribution in [2.45, 2.75) is 45.1 Å². The van der Waals surface area contributed by atoms with Gasteiger partial charge in [0.2, 0.25) is 11.8 Å². The van der Waals surface area contributed by atoms with E-state index in [1.165, 1.54) is 25.7 Å². The lowest BCUT2D eigenvalue weighted by Crippen LogP contribution is -2.43. The zero-order valence-corrected chi connectivity index (χ0v) is 14.7. The Hall–Kier alpha value is -1.91. The molecule has 0 spiro atoms. The predicted octanol–water partition coefficient (Wildman–Crippen LogP) is 2.37. The molecule has 4 rings (SSSR count). The second kappa shape index (κ2) is 7.14. The summed E-state index contributed by atoms with van der Waals surface area (Å²) in [6.45, 7) is 2.00. The Balaban J connectivity index is 1.23. The summed E-state index contributed by atoms with van der Waals surface area (Å²) in [5.41, 5.74) is 1.01. The predicted molar refractivity (Wildman–Crippen MR) is 94.3 cm³/mol. The molecule has 2 amide bonds. The highest BCUT2D eigenvalue weighted by Gasteiger charge is 2.55. The highest BCUT2D eigenvalue weighted by atomic mass is 16.2. The van der Waals surface area contributed by atoms with E-state index in [9.17, 15) is 9.59 Å². The van der Waals surface area contributed by atoms with Crippen molar-refractivity contribution in [2.24, 2.45) is 23.7 Å². The maximum Gasteiger partial charge on any atom is 0.226 e. The van der Waals surface area contributed by atoms with E-state index < -0.39 is 0 Å². The van der Waals surface area contributed by atoms with Crippen molar-refractivity contribution in [3.63, 3.8) is 0 Å². The second-order valence-electron chi connectivity index (χ2n) is 7.82. The molecule has 3 fully saturated rings. The van der Waals surface area contributed by atoms with Crippen LogP contribution >= 0.6 is 0 Å². The molecule has 1 N–H and O–H groups in total. The highest BCUT2D eigenvalue weighted by molar-refractivity contribution is 5.83. The van der Waals surface area contributed by atoms with Gasteiger partial charge in [-0.2, -0.15) is 0 Å². The van der Waals surface area contributed by atoms with Crippen LogP contribution in [0.4, 0.5) is 0 Å². The lowest BCUT2D eigenvalue weighted by molar-refractivity contribution is -0.137. The van der Waals surface area contributed by atoms with Gasteiger partial charge >= 0.3 is 0 Å². The monoisotopic (exact) mass is 341 g/mol. The lowest BCUT2D eigenvalue weighted by atomic mass is 9.95. The fourth-order valence-corrected chi connectivity index (χ4v) is 4.77. The summed E-state index contributed by atoms with van der Waals surface area (Å²) >= 11 is 0. The lowest BCUT2D eigenvalue weighted by Gasteiger charge is -2.31. The van der Waals surface area contributed by atoms with Gasteiger partial charge in [0.1, 0.15) is 0 Å². The third-order valence-corrected chi connectivity index (χ3v) is 6.31. The standard InChI is InChI=1S/C20H27N3O2/c24-19(22-13-14-4-3-9-21-12-14)15-7-10-23(11-8-15)20(25)18-16-5-1-2-6-17(16)18/h3-4,9,12,15-18H,1-2,5-8,10-11,13H2,(H,22,24)/t16-,17-/m1/s1. The first kappa shape index (κ1) is 16.6. The third-order valence-electron chi connectivity index (χ3n) is 6.31. The van der Waals surface area contributed by atoms with Gasteiger partial charge in [0.05, 0.1) is 0 Å². The van der Waals surface area contributed by atoms with Crippen LogP contribution in [0, 0.1) is 23.7 Å². The average molecular weight is 341 g/mol. The summed E-state index contributed by atoms with van der Waals surface area (Å²) in [5, 5.41) is 3.01. The molecule has 1 saturated heterocycles. The molecule has 5 nitrogen and oxygen atoms in total. The molecule has 2 saturated carbocycles. The van der Waals surface area contributed by atoms with Crippen molar-refractivity contribution in [1.82, 2.24) is 15.2 Å². The zero-order valence-electron chi connectivity index (χ0n) is 14.7. The summed E-state index contributed by atoms with van der Waals surface area (Å²) in [5.74, 6) is 2.14. The smallest absolute Gasteiger partial charge is 0.226 e. The number of fused-ring (bicyclic) bond motifs is 1. The Morgan fingerprint density at radius 3 is 2.48 bits per heavy atom. The van der Waals surface area contributed by atoms with Gasteiger partial charge in [-0.05, 0) is 49.1 Å². The molecule has 2 aliphatic carbocycles. The Bertz CT molecular complexity index is 613. The van der Waals surface area contributed by atoms with Crippen LogP contribution in [0.5, 0.6) is 0 Å². The molecule has 2 atom stereocenters. The van der Waals surface area contributed by atoms with Gasteiger partial charge in [-0.1, -0.05) is 18.9 Å². The van der Waals surface area contributed by atoms with Crippen LogP contribution in [-0.4, -0.2) is 34.8 Å². The summed E-state index contributed by atoms with van der Waals surface area (Å²) in [7, 11) is 0. The van der Waals surface area contributed by atoms with Crippen LogP contribution in [0.2, 0.25) is 0 Å².